The number of hydrogen-bond acceptors (Lipinski definition) is 4. The van der Waals surface area contributed by atoms with Gasteiger partial charge in [-0.2, -0.15) is 11.3 Å². The third-order valence-electron chi connectivity index (χ3n) is 3.96. The number of benzene rings is 1. The van der Waals surface area contributed by atoms with E-state index in [9.17, 15) is 9.90 Å². The van der Waals surface area contributed by atoms with Crippen molar-refractivity contribution in [1.29, 1.82) is 0 Å². The number of rotatable bonds is 3. The first-order valence-electron chi connectivity index (χ1n) is 7.60. The van der Waals surface area contributed by atoms with Gasteiger partial charge in [0, 0.05) is 5.56 Å². The maximum absolute atomic E-state index is 12.5. The minimum Gasteiger partial charge on any atom is -0.491 e. The molecule has 2 aromatic rings. The fourth-order valence-electron chi connectivity index (χ4n) is 2.60. The van der Waals surface area contributed by atoms with Crippen LogP contribution in [0, 0.1) is 0 Å². The summed E-state index contributed by atoms with van der Waals surface area (Å²) in [6.45, 7) is 3.43. The fraction of sp³-hybridized carbons (Fsp3) is 0.353. The van der Waals surface area contributed by atoms with Crippen LogP contribution in [0.2, 0.25) is 0 Å². The van der Waals surface area contributed by atoms with Crippen molar-refractivity contribution < 1.29 is 14.6 Å². The van der Waals surface area contributed by atoms with Gasteiger partial charge in [0.05, 0.1) is 25.7 Å². The number of amides is 2. The zero-order valence-electron chi connectivity index (χ0n) is 13.0. The van der Waals surface area contributed by atoms with Gasteiger partial charge >= 0.3 is 6.03 Å². The Hall–Kier alpha value is -2.05. The summed E-state index contributed by atoms with van der Waals surface area (Å²) in [7, 11) is 0. The van der Waals surface area contributed by atoms with Crippen LogP contribution in [0.15, 0.2) is 35.0 Å². The van der Waals surface area contributed by atoms with Gasteiger partial charge < -0.3 is 20.1 Å². The Morgan fingerprint density at radius 3 is 3.09 bits per heavy atom. The topological polar surface area (TPSA) is 61.8 Å². The molecule has 0 unspecified atom stereocenters. The van der Waals surface area contributed by atoms with Gasteiger partial charge in [-0.15, -0.1) is 0 Å². The van der Waals surface area contributed by atoms with E-state index in [2.05, 4.69) is 5.32 Å². The number of carbonyl (C=O) groups is 1. The van der Waals surface area contributed by atoms with E-state index in [4.69, 9.17) is 4.74 Å². The van der Waals surface area contributed by atoms with Crippen molar-refractivity contribution in [1.82, 2.24) is 10.2 Å². The number of urea groups is 1. The van der Waals surface area contributed by atoms with Crippen molar-refractivity contribution in [2.75, 3.05) is 13.2 Å². The van der Waals surface area contributed by atoms with Crippen LogP contribution >= 0.6 is 11.3 Å². The van der Waals surface area contributed by atoms with E-state index in [1.165, 1.54) is 0 Å². The van der Waals surface area contributed by atoms with Crippen LogP contribution in [0.25, 0.3) is 0 Å². The van der Waals surface area contributed by atoms with Crippen LogP contribution in [-0.4, -0.2) is 29.2 Å². The molecule has 2 N–H and O–H groups in total. The Kier molecular flexibility index (Phi) is 4.83. The summed E-state index contributed by atoms with van der Waals surface area (Å²) >= 11 is 1.62. The Bertz CT molecular complexity index is 672. The summed E-state index contributed by atoms with van der Waals surface area (Å²) in [4.78, 5) is 14.3. The van der Waals surface area contributed by atoms with Gasteiger partial charge in [-0.3, -0.25) is 0 Å². The molecule has 0 bridgehead atoms. The van der Waals surface area contributed by atoms with Gasteiger partial charge in [0.25, 0.3) is 0 Å². The van der Waals surface area contributed by atoms with E-state index in [0.717, 1.165) is 22.4 Å². The molecule has 1 aromatic heterocycles. The number of nitrogens with one attached hydrogen (secondary N) is 1. The second-order valence-electron chi connectivity index (χ2n) is 5.60. The molecule has 0 radical (unpaired) electrons. The van der Waals surface area contributed by atoms with E-state index in [-0.39, 0.29) is 18.7 Å². The van der Waals surface area contributed by atoms with Crippen LogP contribution in [0.5, 0.6) is 5.75 Å². The molecule has 0 saturated carbocycles. The van der Waals surface area contributed by atoms with Gasteiger partial charge in [0.1, 0.15) is 12.4 Å². The maximum Gasteiger partial charge on any atom is 0.318 e. The zero-order valence-corrected chi connectivity index (χ0v) is 13.8. The quantitative estimate of drug-likeness (QED) is 0.908. The number of ether oxygens (including phenoxy) is 1. The molecule has 0 aliphatic carbocycles. The highest BCUT2D eigenvalue weighted by Crippen LogP contribution is 2.25. The Morgan fingerprint density at radius 2 is 2.35 bits per heavy atom. The molecule has 23 heavy (non-hydrogen) atoms. The second-order valence-corrected chi connectivity index (χ2v) is 6.38. The summed E-state index contributed by atoms with van der Waals surface area (Å²) in [5.41, 5.74) is 2.85. The van der Waals surface area contributed by atoms with E-state index in [1.807, 2.05) is 41.9 Å². The highest BCUT2D eigenvalue weighted by molar-refractivity contribution is 7.07. The van der Waals surface area contributed by atoms with Crippen molar-refractivity contribution >= 4 is 17.4 Å². The monoisotopic (exact) mass is 332 g/mol. The van der Waals surface area contributed by atoms with Crippen molar-refractivity contribution in [3.05, 3.63) is 51.7 Å². The average Bonchev–Trinajstić information content (AvgIpc) is 3.01. The van der Waals surface area contributed by atoms with Crippen molar-refractivity contribution in [3.8, 4) is 5.75 Å². The first-order chi connectivity index (χ1) is 11.2. The second kappa shape index (κ2) is 7.02. The number of fused-ring (bicyclic) bond motifs is 1. The number of aliphatic hydroxyl groups excluding tert-OH is 1. The maximum atomic E-state index is 12.5. The molecule has 3 rings (SSSR count). The Balaban J connectivity index is 1.71. The minimum absolute atomic E-state index is 0.0192. The molecule has 2 amide bonds. The lowest BCUT2D eigenvalue weighted by Gasteiger charge is -2.23. The molecule has 0 fully saturated rings. The van der Waals surface area contributed by atoms with E-state index in [1.54, 1.807) is 16.2 Å². The van der Waals surface area contributed by atoms with Crippen LogP contribution < -0.4 is 10.1 Å². The number of hydrogen-bond donors (Lipinski definition) is 2. The Morgan fingerprint density at radius 1 is 1.48 bits per heavy atom. The molecular weight excluding hydrogens is 312 g/mol. The highest BCUT2D eigenvalue weighted by atomic mass is 32.1. The van der Waals surface area contributed by atoms with Crippen molar-refractivity contribution in [2.24, 2.45) is 0 Å². The predicted molar refractivity (Wildman–Crippen MR) is 89.5 cm³/mol. The third-order valence-corrected chi connectivity index (χ3v) is 4.66. The molecular formula is C17H20N2O3S. The fourth-order valence-corrected chi connectivity index (χ4v) is 3.35. The van der Waals surface area contributed by atoms with Gasteiger partial charge in [0.15, 0.2) is 0 Å². The van der Waals surface area contributed by atoms with Crippen LogP contribution in [-0.2, 0) is 13.2 Å². The Labute approximate surface area is 139 Å². The van der Waals surface area contributed by atoms with E-state index < -0.39 is 0 Å². The number of carbonyl (C=O) groups excluding carboxylic acids is 1. The van der Waals surface area contributed by atoms with Crippen LogP contribution in [0.3, 0.4) is 0 Å². The molecule has 2 heterocycles. The molecule has 5 nitrogen and oxygen atoms in total. The number of nitrogens with zero attached hydrogens (tertiary/aromatic N) is 1. The summed E-state index contributed by atoms with van der Waals surface area (Å²) in [6, 6.07) is 7.48. The molecule has 0 spiro atoms. The summed E-state index contributed by atoms with van der Waals surface area (Å²) in [5.74, 6) is 0.781. The summed E-state index contributed by atoms with van der Waals surface area (Å²) < 4.78 is 5.70. The molecule has 1 aliphatic rings. The molecule has 1 aliphatic heterocycles. The molecule has 1 aromatic carbocycles. The van der Waals surface area contributed by atoms with Gasteiger partial charge in [-0.25, -0.2) is 4.79 Å². The van der Waals surface area contributed by atoms with Gasteiger partial charge in [0.2, 0.25) is 0 Å². The van der Waals surface area contributed by atoms with Gasteiger partial charge in [-0.05, 0) is 47.0 Å². The van der Waals surface area contributed by atoms with E-state index >= 15 is 0 Å². The molecule has 0 saturated heterocycles. The first kappa shape index (κ1) is 15.8. The molecule has 1 atom stereocenters. The molecule has 122 valence electrons. The third kappa shape index (κ3) is 3.65. The normalized spacial score (nSPS) is 15.3. The average molecular weight is 332 g/mol. The predicted octanol–water partition coefficient (Wildman–Crippen LogP) is 2.91. The SMILES string of the molecule is C[C@H](NC(=O)N1CCOc2ccc(CO)cc2C1)c1ccsc1. The smallest absolute Gasteiger partial charge is 0.318 e. The lowest BCUT2D eigenvalue weighted by atomic mass is 10.1. The highest BCUT2D eigenvalue weighted by Gasteiger charge is 2.21. The van der Waals surface area contributed by atoms with Crippen molar-refractivity contribution in [2.45, 2.75) is 26.1 Å². The summed E-state index contributed by atoms with van der Waals surface area (Å²) in [5, 5.41) is 16.3. The van der Waals surface area contributed by atoms with E-state index in [0.29, 0.717) is 19.7 Å². The first-order valence-corrected chi connectivity index (χ1v) is 8.54. The lowest BCUT2D eigenvalue weighted by Crippen LogP contribution is -2.41. The van der Waals surface area contributed by atoms with Gasteiger partial charge in [-0.1, -0.05) is 6.07 Å². The number of aliphatic hydroxyl groups is 1. The van der Waals surface area contributed by atoms with Crippen LogP contribution in [0.4, 0.5) is 4.79 Å². The summed E-state index contributed by atoms with van der Waals surface area (Å²) in [6.07, 6.45) is 0. The number of thiophene rings is 1. The largest absolute Gasteiger partial charge is 0.491 e. The van der Waals surface area contributed by atoms with Crippen LogP contribution in [0.1, 0.15) is 29.7 Å². The standard InChI is InChI=1S/C17H20N2O3S/c1-12(14-4-7-23-11-14)18-17(21)19-5-6-22-16-3-2-13(10-20)8-15(16)9-19/h2-4,7-8,11-12,20H,5-6,9-10H2,1H3,(H,18,21)/t12-/m0/s1. The molecule has 6 heteroatoms. The minimum atomic E-state index is -0.102. The van der Waals surface area contributed by atoms with Crippen molar-refractivity contribution in [3.63, 3.8) is 0 Å². The lowest BCUT2D eigenvalue weighted by molar-refractivity contribution is 0.184. The zero-order chi connectivity index (χ0) is 16.2.